The lowest BCUT2D eigenvalue weighted by Crippen LogP contribution is -2.47. The van der Waals surface area contributed by atoms with Crippen molar-refractivity contribution in [2.45, 2.75) is 5.66 Å². The van der Waals surface area contributed by atoms with Crippen molar-refractivity contribution < 1.29 is 15.0 Å². The van der Waals surface area contributed by atoms with Gasteiger partial charge in [-0.2, -0.15) is 0 Å². The Morgan fingerprint density at radius 1 is 1.40 bits per heavy atom. The number of aliphatic hydroxyl groups excluding tert-OH is 1. The Bertz CT molecular complexity index is 367. The van der Waals surface area contributed by atoms with Gasteiger partial charge in [-0.3, -0.25) is 20.2 Å². The third-order valence-corrected chi connectivity index (χ3v) is 1.74. The van der Waals surface area contributed by atoms with Gasteiger partial charge in [0, 0.05) is 0 Å². The number of hydrogen-bond donors (Lipinski definition) is 1. The van der Waals surface area contributed by atoms with E-state index in [2.05, 4.69) is 15.4 Å². The highest BCUT2D eigenvalue weighted by atomic mass is 16.7. The Labute approximate surface area is 81.9 Å². The van der Waals surface area contributed by atoms with Crippen LogP contribution in [0, 0.1) is 20.2 Å². The standard InChI is InChI=1S/C5H5N5O5/c11-3-5(9(12)13,10(14)15)4-1-2-6-8-7-4/h1-2,11H,3H2. The second-order valence-electron chi connectivity index (χ2n) is 2.49. The molecule has 1 heterocycles. The van der Waals surface area contributed by atoms with Gasteiger partial charge in [-0.15, -0.1) is 10.2 Å². The topological polar surface area (TPSA) is 145 Å². The van der Waals surface area contributed by atoms with Crippen molar-refractivity contribution in [1.29, 1.82) is 0 Å². The highest BCUT2D eigenvalue weighted by molar-refractivity contribution is 5.03. The van der Waals surface area contributed by atoms with Gasteiger partial charge in [-0.25, -0.2) is 0 Å². The van der Waals surface area contributed by atoms with Gasteiger partial charge in [-0.1, -0.05) is 0 Å². The maximum Gasteiger partial charge on any atom is 0.524 e. The van der Waals surface area contributed by atoms with Crippen LogP contribution in [0.3, 0.4) is 0 Å². The average Bonchev–Trinajstić information content (AvgIpc) is 2.20. The van der Waals surface area contributed by atoms with Crippen LogP contribution in [-0.2, 0) is 5.66 Å². The molecule has 10 nitrogen and oxygen atoms in total. The molecule has 1 aromatic heterocycles. The number of aliphatic hydroxyl groups is 1. The van der Waals surface area contributed by atoms with Crippen LogP contribution in [0.5, 0.6) is 0 Å². The molecule has 1 N–H and O–H groups in total. The Morgan fingerprint density at radius 2 is 2.00 bits per heavy atom. The molecular formula is C5H5N5O5. The lowest BCUT2D eigenvalue weighted by atomic mass is 10.1. The Balaban J connectivity index is 3.35. The van der Waals surface area contributed by atoms with E-state index in [-0.39, 0.29) is 0 Å². The first-order valence-electron chi connectivity index (χ1n) is 3.60. The van der Waals surface area contributed by atoms with Crippen LogP contribution in [0.15, 0.2) is 12.3 Å². The molecule has 0 atom stereocenters. The highest BCUT2D eigenvalue weighted by Gasteiger charge is 2.59. The summed E-state index contributed by atoms with van der Waals surface area (Å²) >= 11 is 0. The minimum atomic E-state index is -2.88. The quantitative estimate of drug-likeness (QED) is 0.365. The molecule has 0 aliphatic rings. The summed E-state index contributed by atoms with van der Waals surface area (Å²) in [4.78, 5) is 18.8. The third kappa shape index (κ3) is 1.57. The Hall–Kier alpha value is -2.23. The molecule has 0 aromatic carbocycles. The molecule has 0 amide bonds. The largest absolute Gasteiger partial charge is 0.524 e. The fourth-order valence-electron chi connectivity index (χ4n) is 0.905. The minimum Gasteiger partial charge on any atom is -0.382 e. The summed E-state index contributed by atoms with van der Waals surface area (Å²) in [5, 5.41) is 39.4. The molecule has 0 saturated carbocycles. The summed E-state index contributed by atoms with van der Waals surface area (Å²) in [7, 11) is 0. The molecule has 0 unspecified atom stereocenters. The van der Waals surface area contributed by atoms with Crippen LogP contribution in [0.25, 0.3) is 0 Å². The van der Waals surface area contributed by atoms with E-state index in [1.54, 1.807) is 0 Å². The summed E-state index contributed by atoms with van der Waals surface area (Å²) in [6.07, 6.45) is 1.01. The van der Waals surface area contributed by atoms with E-state index < -0.39 is 27.8 Å². The van der Waals surface area contributed by atoms with Gasteiger partial charge >= 0.3 is 5.66 Å². The van der Waals surface area contributed by atoms with Crippen molar-refractivity contribution in [1.82, 2.24) is 15.4 Å². The molecule has 10 heteroatoms. The second-order valence-corrected chi connectivity index (χ2v) is 2.49. The predicted molar refractivity (Wildman–Crippen MR) is 42.6 cm³/mol. The van der Waals surface area contributed by atoms with E-state index in [1.165, 1.54) is 0 Å². The molecule has 0 saturated heterocycles. The number of nitro groups is 2. The van der Waals surface area contributed by atoms with E-state index in [0.717, 1.165) is 12.3 Å². The monoisotopic (exact) mass is 215 g/mol. The van der Waals surface area contributed by atoms with E-state index in [4.69, 9.17) is 5.11 Å². The molecule has 0 radical (unpaired) electrons. The zero-order valence-corrected chi connectivity index (χ0v) is 7.18. The van der Waals surface area contributed by atoms with Crippen molar-refractivity contribution in [3.63, 3.8) is 0 Å². The summed E-state index contributed by atoms with van der Waals surface area (Å²) in [6, 6.07) is 0.953. The van der Waals surface area contributed by atoms with Crippen molar-refractivity contribution >= 4 is 0 Å². The first-order valence-corrected chi connectivity index (χ1v) is 3.60. The van der Waals surface area contributed by atoms with Gasteiger partial charge in [-0.05, 0) is 11.3 Å². The molecule has 0 spiro atoms. The molecule has 1 aromatic rings. The Kier molecular flexibility index (Phi) is 2.80. The number of hydrogen-bond acceptors (Lipinski definition) is 8. The molecule has 15 heavy (non-hydrogen) atoms. The summed E-state index contributed by atoms with van der Waals surface area (Å²) in [5.41, 5.74) is -3.45. The van der Waals surface area contributed by atoms with Crippen molar-refractivity contribution in [3.8, 4) is 0 Å². The van der Waals surface area contributed by atoms with Crippen LogP contribution in [0.4, 0.5) is 0 Å². The average molecular weight is 215 g/mol. The lowest BCUT2D eigenvalue weighted by molar-refractivity contribution is -0.813. The first-order chi connectivity index (χ1) is 7.05. The first kappa shape index (κ1) is 10.8. The van der Waals surface area contributed by atoms with Gasteiger partial charge in [0.2, 0.25) is 5.69 Å². The smallest absolute Gasteiger partial charge is 0.382 e. The fourth-order valence-corrected chi connectivity index (χ4v) is 0.905. The zero-order chi connectivity index (χ0) is 11.5. The van der Waals surface area contributed by atoms with Gasteiger partial charge < -0.3 is 5.11 Å². The van der Waals surface area contributed by atoms with Crippen molar-refractivity contribution in [2.75, 3.05) is 6.61 Å². The normalized spacial score (nSPS) is 11.0. The molecule has 0 fully saturated rings. The van der Waals surface area contributed by atoms with Gasteiger partial charge in [0.05, 0.1) is 6.20 Å². The van der Waals surface area contributed by atoms with Crippen LogP contribution < -0.4 is 0 Å². The van der Waals surface area contributed by atoms with Crippen LogP contribution in [0.1, 0.15) is 5.69 Å². The minimum absolute atomic E-state index is 0.574. The Morgan fingerprint density at radius 3 is 2.33 bits per heavy atom. The number of rotatable bonds is 4. The number of nitrogens with zero attached hydrogens (tertiary/aromatic N) is 5. The van der Waals surface area contributed by atoms with E-state index in [0.29, 0.717) is 0 Å². The summed E-state index contributed by atoms with van der Waals surface area (Å²) in [6.45, 7) is -1.31. The number of aromatic nitrogens is 3. The highest BCUT2D eigenvalue weighted by Crippen LogP contribution is 2.22. The van der Waals surface area contributed by atoms with E-state index in [9.17, 15) is 20.2 Å². The second kappa shape index (κ2) is 3.88. The van der Waals surface area contributed by atoms with Crippen LogP contribution in [0.2, 0.25) is 0 Å². The molecule has 0 aliphatic carbocycles. The van der Waals surface area contributed by atoms with Gasteiger partial charge in [0.1, 0.15) is 9.85 Å². The molecular weight excluding hydrogens is 210 g/mol. The van der Waals surface area contributed by atoms with E-state index >= 15 is 0 Å². The zero-order valence-electron chi connectivity index (χ0n) is 7.18. The summed E-state index contributed by atoms with van der Waals surface area (Å²) < 4.78 is 0. The van der Waals surface area contributed by atoms with Crippen LogP contribution >= 0.6 is 0 Å². The predicted octanol–water partition coefficient (Wildman–Crippen LogP) is -1.43. The molecule has 1 rings (SSSR count). The van der Waals surface area contributed by atoms with Crippen molar-refractivity contribution in [3.05, 3.63) is 38.2 Å². The summed E-state index contributed by atoms with van der Waals surface area (Å²) in [5.74, 6) is 0. The van der Waals surface area contributed by atoms with Crippen molar-refractivity contribution in [2.24, 2.45) is 0 Å². The molecule has 0 aliphatic heterocycles. The van der Waals surface area contributed by atoms with Gasteiger partial charge in [0.25, 0.3) is 0 Å². The third-order valence-electron chi connectivity index (χ3n) is 1.74. The van der Waals surface area contributed by atoms with Gasteiger partial charge in [0.15, 0.2) is 6.61 Å². The van der Waals surface area contributed by atoms with Crippen LogP contribution in [-0.4, -0.2) is 37.0 Å². The SMILES string of the molecule is O=[N+]([O-])C(CO)(c1ccnnn1)[N+](=O)[O-]. The molecule has 80 valence electrons. The fraction of sp³-hybridized carbons (Fsp3) is 0.400. The van der Waals surface area contributed by atoms with E-state index in [1.807, 2.05) is 0 Å². The maximum atomic E-state index is 10.6. The lowest BCUT2D eigenvalue weighted by Gasteiger charge is -2.12. The maximum absolute atomic E-state index is 10.6. The molecule has 0 bridgehead atoms.